The first-order valence-corrected chi connectivity index (χ1v) is 7.76. The van der Waals surface area contributed by atoms with Gasteiger partial charge in [-0.05, 0) is 39.8 Å². The van der Waals surface area contributed by atoms with Gasteiger partial charge in [-0.25, -0.2) is 0 Å². The second-order valence-electron chi connectivity index (χ2n) is 4.61. The summed E-state index contributed by atoms with van der Waals surface area (Å²) in [7, 11) is 0.849. The summed E-state index contributed by atoms with van der Waals surface area (Å²) >= 11 is 0. The van der Waals surface area contributed by atoms with E-state index in [1.807, 2.05) is 0 Å². The molecule has 0 N–H and O–H groups in total. The molecule has 2 unspecified atom stereocenters. The van der Waals surface area contributed by atoms with Crippen LogP contribution < -0.4 is 0 Å². The number of rotatable bonds is 3. The van der Waals surface area contributed by atoms with Gasteiger partial charge in [0.15, 0.2) is 0 Å². The van der Waals surface area contributed by atoms with Crippen molar-refractivity contribution in [2.24, 2.45) is 5.92 Å². The van der Waals surface area contributed by atoms with Crippen LogP contribution in [-0.2, 0) is 4.52 Å². The summed E-state index contributed by atoms with van der Waals surface area (Å²) < 4.78 is 6.03. The van der Waals surface area contributed by atoms with Gasteiger partial charge in [-0.1, -0.05) is 13.2 Å². The molecule has 1 aliphatic heterocycles. The number of hydrogen-bond donors (Lipinski definition) is 0. The molecule has 78 valence electrons. The van der Waals surface area contributed by atoms with Gasteiger partial charge in [-0.15, -0.1) is 0 Å². The molecule has 1 rings (SSSR count). The summed E-state index contributed by atoms with van der Waals surface area (Å²) in [5, 5.41) is 0. The van der Waals surface area contributed by atoms with Crippen molar-refractivity contribution in [3.63, 3.8) is 0 Å². The normalized spacial score (nSPS) is 31.1. The Morgan fingerprint density at radius 1 is 1.46 bits per heavy atom. The van der Waals surface area contributed by atoms with Crippen LogP contribution in [0, 0.1) is 5.92 Å². The highest BCUT2D eigenvalue weighted by molar-refractivity contribution is 7.67. The van der Waals surface area contributed by atoms with E-state index < -0.39 is 7.11 Å². The van der Waals surface area contributed by atoms with E-state index in [0.717, 1.165) is 6.54 Å². The van der Waals surface area contributed by atoms with Crippen molar-refractivity contribution in [3.8, 4) is 0 Å². The molecule has 0 radical (unpaired) electrons. The lowest BCUT2D eigenvalue weighted by molar-refractivity contribution is 0.188. The van der Waals surface area contributed by atoms with Crippen LogP contribution in [0.4, 0.5) is 0 Å². The van der Waals surface area contributed by atoms with Crippen molar-refractivity contribution in [1.82, 2.24) is 4.90 Å². The molecule has 1 fully saturated rings. The van der Waals surface area contributed by atoms with Crippen LogP contribution in [0.5, 0.6) is 0 Å². The van der Waals surface area contributed by atoms with E-state index in [0.29, 0.717) is 12.0 Å². The molecule has 1 saturated heterocycles. The molecule has 0 spiro atoms. The summed E-state index contributed by atoms with van der Waals surface area (Å²) in [6.07, 6.45) is 5.74. The van der Waals surface area contributed by atoms with Crippen LogP contribution in [0.15, 0.2) is 0 Å². The standard InChI is InChI=1S/C10H22NOP/c1-6-9-7-11(2)8-10(9)12-13(3,4)5/h9-10H,3,6-8H2,1-2,4-5H3. The topological polar surface area (TPSA) is 12.5 Å². The monoisotopic (exact) mass is 203 g/mol. The van der Waals surface area contributed by atoms with Crippen molar-refractivity contribution in [3.05, 3.63) is 0 Å². The largest absolute Gasteiger partial charge is 0.358 e. The molecule has 2 atom stereocenters. The van der Waals surface area contributed by atoms with Crippen molar-refractivity contribution in [2.75, 3.05) is 33.5 Å². The minimum Gasteiger partial charge on any atom is -0.358 e. The summed E-state index contributed by atoms with van der Waals surface area (Å²) in [5.74, 6) is 0.714. The maximum absolute atomic E-state index is 6.03. The molecular formula is C10H22NOP. The van der Waals surface area contributed by atoms with Crippen LogP contribution in [0.3, 0.4) is 0 Å². The first-order chi connectivity index (χ1) is 5.92. The Kier molecular flexibility index (Phi) is 3.62. The third-order valence-corrected chi connectivity index (χ3v) is 3.35. The van der Waals surface area contributed by atoms with Crippen LogP contribution in [0.25, 0.3) is 0 Å². The molecular weight excluding hydrogens is 181 g/mol. The van der Waals surface area contributed by atoms with Gasteiger partial charge in [0.25, 0.3) is 0 Å². The van der Waals surface area contributed by atoms with E-state index in [9.17, 15) is 0 Å². The molecule has 1 heterocycles. The third kappa shape index (κ3) is 3.46. The molecule has 0 aromatic heterocycles. The van der Waals surface area contributed by atoms with Gasteiger partial charge in [-0.2, -0.15) is 0 Å². The average Bonchev–Trinajstić information content (AvgIpc) is 2.27. The highest BCUT2D eigenvalue weighted by atomic mass is 31.2. The molecule has 3 heteroatoms. The average molecular weight is 203 g/mol. The van der Waals surface area contributed by atoms with Gasteiger partial charge < -0.3 is 9.42 Å². The number of nitrogens with zero attached hydrogens (tertiary/aromatic N) is 1. The quantitative estimate of drug-likeness (QED) is 0.650. The second kappa shape index (κ2) is 4.16. The SMILES string of the molecule is C=P(C)(C)OC1CN(C)CC1CC. The number of likely N-dealkylation sites (N-methyl/N-ethyl adjacent to an activating group) is 1. The lowest BCUT2D eigenvalue weighted by atomic mass is 10.0. The van der Waals surface area contributed by atoms with E-state index in [4.69, 9.17) is 4.52 Å². The first-order valence-electron chi connectivity index (χ1n) is 4.97. The van der Waals surface area contributed by atoms with Crippen molar-refractivity contribution in [2.45, 2.75) is 19.4 Å². The predicted molar refractivity (Wildman–Crippen MR) is 62.0 cm³/mol. The fourth-order valence-corrected chi connectivity index (χ4v) is 2.90. The lowest BCUT2D eigenvalue weighted by Crippen LogP contribution is -2.21. The highest BCUT2D eigenvalue weighted by Gasteiger charge is 2.31. The first kappa shape index (κ1) is 11.3. The lowest BCUT2D eigenvalue weighted by Gasteiger charge is -2.23. The fraction of sp³-hybridized carbons (Fsp3) is 0.900. The molecule has 0 aromatic carbocycles. The molecule has 0 aromatic rings. The summed E-state index contributed by atoms with van der Waals surface area (Å²) in [4.78, 5) is 2.36. The third-order valence-electron chi connectivity index (χ3n) is 2.51. The fourth-order valence-electron chi connectivity index (χ4n) is 1.93. The highest BCUT2D eigenvalue weighted by Crippen LogP contribution is 2.41. The maximum Gasteiger partial charge on any atom is 0.0782 e. The van der Waals surface area contributed by atoms with Crippen LogP contribution in [0.1, 0.15) is 13.3 Å². The molecule has 1 aliphatic rings. The molecule has 0 amide bonds. The molecule has 0 saturated carbocycles. The number of likely N-dealkylation sites (tertiary alicyclic amines) is 1. The Hall–Kier alpha value is 0.220. The van der Waals surface area contributed by atoms with Gasteiger partial charge in [0.2, 0.25) is 0 Å². The van der Waals surface area contributed by atoms with Crippen LogP contribution >= 0.6 is 7.11 Å². The van der Waals surface area contributed by atoms with E-state index in [1.54, 1.807) is 0 Å². The second-order valence-corrected chi connectivity index (χ2v) is 7.97. The van der Waals surface area contributed by atoms with Crippen molar-refractivity contribution < 1.29 is 4.52 Å². The maximum atomic E-state index is 6.03. The zero-order valence-electron chi connectivity index (χ0n) is 9.29. The summed E-state index contributed by atoms with van der Waals surface area (Å²) in [5.41, 5.74) is 0. The van der Waals surface area contributed by atoms with E-state index >= 15 is 0 Å². The van der Waals surface area contributed by atoms with Crippen LogP contribution in [0.2, 0.25) is 0 Å². The molecule has 0 aliphatic carbocycles. The zero-order valence-corrected chi connectivity index (χ0v) is 10.2. The predicted octanol–water partition coefficient (Wildman–Crippen LogP) is 1.97. The van der Waals surface area contributed by atoms with E-state index in [1.165, 1.54) is 13.0 Å². The zero-order chi connectivity index (χ0) is 10.1. The van der Waals surface area contributed by atoms with Gasteiger partial charge in [0.05, 0.1) is 6.10 Å². The Morgan fingerprint density at radius 2 is 2.08 bits per heavy atom. The molecule has 0 bridgehead atoms. The van der Waals surface area contributed by atoms with E-state index in [-0.39, 0.29) is 0 Å². The smallest absolute Gasteiger partial charge is 0.0782 e. The van der Waals surface area contributed by atoms with E-state index in [2.05, 4.69) is 38.5 Å². The Bertz CT molecular complexity index is 211. The summed E-state index contributed by atoms with van der Waals surface area (Å²) in [6.45, 7) is 8.78. The van der Waals surface area contributed by atoms with Gasteiger partial charge >= 0.3 is 0 Å². The van der Waals surface area contributed by atoms with Gasteiger partial charge in [0, 0.05) is 13.1 Å². The Balaban J connectivity index is 2.54. The Labute approximate surface area is 82.3 Å². The van der Waals surface area contributed by atoms with Crippen LogP contribution in [-0.4, -0.2) is 50.8 Å². The number of hydrogen-bond acceptors (Lipinski definition) is 2. The van der Waals surface area contributed by atoms with Crippen molar-refractivity contribution in [1.29, 1.82) is 0 Å². The minimum atomic E-state index is -1.32. The van der Waals surface area contributed by atoms with Gasteiger partial charge in [-0.3, -0.25) is 0 Å². The molecule has 2 nitrogen and oxygen atoms in total. The van der Waals surface area contributed by atoms with Gasteiger partial charge in [0.1, 0.15) is 0 Å². The Morgan fingerprint density at radius 3 is 2.54 bits per heavy atom. The van der Waals surface area contributed by atoms with Crippen molar-refractivity contribution >= 4 is 13.4 Å². The summed E-state index contributed by atoms with van der Waals surface area (Å²) in [6, 6.07) is 0. The minimum absolute atomic E-state index is 0.427. The molecule has 13 heavy (non-hydrogen) atoms.